The molecular formula is C26H29BrN2O. The van der Waals surface area contributed by atoms with Crippen LogP contribution in [-0.4, -0.2) is 28.9 Å². The van der Waals surface area contributed by atoms with Gasteiger partial charge >= 0.3 is 0 Å². The van der Waals surface area contributed by atoms with Gasteiger partial charge in [0, 0.05) is 28.5 Å². The normalized spacial score (nSPS) is 15.6. The van der Waals surface area contributed by atoms with E-state index in [1.165, 1.54) is 5.56 Å². The first-order valence-electron chi connectivity index (χ1n) is 10.7. The van der Waals surface area contributed by atoms with E-state index in [0.29, 0.717) is 5.92 Å². The molecule has 1 fully saturated rings. The molecule has 1 aromatic heterocycles. The van der Waals surface area contributed by atoms with Crippen molar-refractivity contribution in [2.75, 3.05) is 13.1 Å². The van der Waals surface area contributed by atoms with Gasteiger partial charge in [0.15, 0.2) is 0 Å². The minimum atomic E-state index is 0.105. The first-order valence-corrected chi connectivity index (χ1v) is 11.5. The van der Waals surface area contributed by atoms with Crippen LogP contribution >= 0.6 is 15.9 Å². The zero-order chi connectivity index (χ0) is 21.5. The second-order valence-electron chi connectivity index (χ2n) is 9.52. The number of hydrogen-bond acceptors (Lipinski definition) is 2. The topological polar surface area (TPSA) is 33.2 Å². The Hall–Kier alpha value is -2.20. The summed E-state index contributed by atoms with van der Waals surface area (Å²) in [6.07, 6.45) is 2.14. The summed E-state index contributed by atoms with van der Waals surface area (Å²) in [5, 5.41) is 0.906. The number of aromatic nitrogens is 1. The minimum absolute atomic E-state index is 0.105. The lowest BCUT2D eigenvalue weighted by Crippen LogP contribution is -2.38. The second-order valence-corrected chi connectivity index (χ2v) is 10.4. The van der Waals surface area contributed by atoms with Gasteiger partial charge in [-0.3, -0.25) is 4.79 Å². The van der Waals surface area contributed by atoms with Crippen LogP contribution in [0.2, 0.25) is 0 Å². The van der Waals surface area contributed by atoms with Gasteiger partial charge in [-0.05, 0) is 54.0 Å². The summed E-state index contributed by atoms with van der Waals surface area (Å²) in [6.45, 7) is 10.6. The van der Waals surface area contributed by atoms with Gasteiger partial charge in [-0.25, -0.2) is 4.98 Å². The lowest BCUT2D eigenvalue weighted by molar-refractivity contribution is 0.0699. The van der Waals surface area contributed by atoms with Crippen molar-refractivity contribution in [3.05, 3.63) is 64.1 Å². The summed E-state index contributed by atoms with van der Waals surface area (Å²) in [5.74, 6) is 0.800. The van der Waals surface area contributed by atoms with Gasteiger partial charge in [0.1, 0.15) is 0 Å². The zero-order valence-electron chi connectivity index (χ0n) is 18.2. The lowest BCUT2D eigenvalue weighted by atomic mass is 9.86. The lowest BCUT2D eigenvalue weighted by Gasteiger charge is -2.30. The molecule has 0 saturated carbocycles. The van der Waals surface area contributed by atoms with E-state index in [9.17, 15) is 4.79 Å². The molecule has 156 valence electrons. The molecule has 0 aliphatic carbocycles. The SMILES string of the molecule is CC1CCN(C(=O)c2cc(-c3ccc(C(C)(C)C)cc3)nc3ccc(Br)cc23)CC1. The van der Waals surface area contributed by atoms with Gasteiger partial charge in [0.25, 0.3) is 5.91 Å². The summed E-state index contributed by atoms with van der Waals surface area (Å²) >= 11 is 3.56. The monoisotopic (exact) mass is 464 g/mol. The van der Waals surface area contributed by atoms with Crippen LogP contribution in [0.15, 0.2) is 53.0 Å². The van der Waals surface area contributed by atoms with Crippen LogP contribution in [0.25, 0.3) is 22.2 Å². The zero-order valence-corrected chi connectivity index (χ0v) is 19.8. The molecule has 1 amide bonds. The first-order chi connectivity index (χ1) is 14.2. The number of carbonyl (C=O) groups is 1. The number of amides is 1. The number of halogens is 1. The Kier molecular flexibility index (Phi) is 5.71. The number of fused-ring (bicyclic) bond motifs is 1. The van der Waals surface area contributed by atoms with E-state index < -0.39 is 0 Å². The molecule has 1 aliphatic heterocycles. The molecule has 1 aliphatic rings. The van der Waals surface area contributed by atoms with E-state index in [4.69, 9.17) is 4.98 Å². The van der Waals surface area contributed by atoms with Crippen LogP contribution in [0.5, 0.6) is 0 Å². The molecule has 0 spiro atoms. The molecule has 0 atom stereocenters. The molecule has 0 radical (unpaired) electrons. The Morgan fingerprint density at radius 1 is 1.03 bits per heavy atom. The van der Waals surface area contributed by atoms with E-state index in [-0.39, 0.29) is 11.3 Å². The van der Waals surface area contributed by atoms with Crippen molar-refractivity contribution >= 4 is 32.7 Å². The van der Waals surface area contributed by atoms with Crippen LogP contribution in [0.1, 0.15) is 56.5 Å². The average molecular weight is 465 g/mol. The summed E-state index contributed by atoms with van der Waals surface area (Å²) in [7, 11) is 0. The van der Waals surface area contributed by atoms with E-state index in [2.05, 4.69) is 67.9 Å². The Morgan fingerprint density at radius 3 is 2.33 bits per heavy atom. The van der Waals surface area contributed by atoms with Gasteiger partial charge < -0.3 is 4.90 Å². The smallest absolute Gasteiger partial charge is 0.254 e. The van der Waals surface area contributed by atoms with Crippen LogP contribution < -0.4 is 0 Å². The van der Waals surface area contributed by atoms with Crippen molar-refractivity contribution in [3.63, 3.8) is 0 Å². The number of nitrogens with zero attached hydrogens (tertiary/aromatic N) is 2. The third-order valence-electron chi connectivity index (χ3n) is 6.12. The van der Waals surface area contributed by atoms with Gasteiger partial charge in [0.2, 0.25) is 0 Å². The van der Waals surface area contributed by atoms with Crippen molar-refractivity contribution in [1.29, 1.82) is 0 Å². The Labute approximate surface area is 187 Å². The number of pyridine rings is 1. The maximum Gasteiger partial charge on any atom is 0.254 e. The number of rotatable bonds is 2. The van der Waals surface area contributed by atoms with Gasteiger partial charge in [0.05, 0.1) is 16.8 Å². The van der Waals surface area contributed by atoms with Gasteiger partial charge in [-0.1, -0.05) is 67.9 Å². The molecule has 2 aromatic carbocycles. The fraction of sp³-hybridized carbons (Fsp3) is 0.385. The molecule has 3 nitrogen and oxygen atoms in total. The molecule has 0 unspecified atom stereocenters. The first kappa shape index (κ1) is 21.0. The van der Waals surface area contributed by atoms with Crippen LogP contribution in [0.3, 0.4) is 0 Å². The predicted octanol–water partition coefficient (Wildman–Crippen LogP) is 6.83. The molecular weight excluding hydrogens is 436 g/mol. The van der Waals surface area contributed by atoms with Crippen LogP contribution in [0, 0.1) is 5.92 Å². The number of carbonyl (C=O) groups excluding carboxylic acids is 1. The predicted molar refractivity (Wildman–Crippen MR) is 128 cm³/mol. The third kappa shape index (κ3) is 4.29. The Bertz CT molecular complexity index is 1070. The number of piperidine rings is 1. The van der Waals surface area contributed by atoms with Crippen molar-refractivity contribution < 1.29 is 4.79 Å². The maximum absolute atomic E-state index is 13.5. The molecule has 4 rings (SSSR count). The molecule has 0 N–H and O–H groups in total. The summed E-state index contributed by atoms with van der Waals surface area (Å²) < 4.78 is 0.959. The standard InChI is InChI=1S/C26H29BrN2O/c1-17-11-13-29(14-12-17)25(30)22-16-24(28-23-10-9-20(27)15-21(22)23)18-5-7-19(8-6-18)26(2,3)4/h5-10,15-17H,11-14H2,1-4H3. The van der Waals surface area contributed by atoms with Gasteiger partial charge in [-0.15, -0.1) is 0 Å². The van der Waals surface area contributed by atoms with Crippen molar-refractivity contribution in [2.45, 2.75) is 46.0 Å². The average Bonchev–Trinajstić information content (AvgIpc) is 2.72. The summed E-state index contributed by atoms with van der Waals surface area (Å²) in [5.41, 5.74) is 4.87. The van der Waals surface area contributed by atoms with E-state index >= 15 is 0 Å². The fourth-order valence-electron chi connectivity index (χ4n) is 4.05. The van der Waals surface area contributed by atoms with E-state index in [1.807, 2.05) is 29.2 Å². The molecule has 3 aromatic rings. The van der Waals surface area contributed by atoms with Crippen molar-refractivity contribution in [2.24, 2.45) is 5.92 Å². The third-order valence-corrected chi connectivity index (χ3v) is 6.61. The number of hydrogen-bond donors (Lipinski definition) is 0. The molecule has 4 heteroatoms. The van der Waals surface area contributed by atoms with Crippen LogP contribution in [-0.2, 0) is 5.41 Å². The van der Waals surface area contributed by atoms with Gasteiger partial charge in [-0.2, -0.15) is 0 Å². The highest BCUT2D eigenvalue weighted by Gasteiger charge is 2.24. The van der Waals surface area contributed by atoms with E-state index in [1.54, 1.807) is 0 Å². The highest BCUT2D eigenvalue weighted by molar-refractivity contribution is 9.10. The summed E-state index contributed by atoms with van der Waals surface area (Å²) in [6, 6.07) is 16.5. The number of likely N-dealkylation sites (tertiary alicyclic amines) is 1. The summed E-state index contributed by atoms with van der Waals surface area (Å²) in [4.78, 5) is 20.4. The second kappa shape index (κ2) is 8.14. The Balaban J connectivity index is 1.79. The Morgan fingerprint density at radius 2 is 1.70 bits per heavy atom. The minimum Gasteiger partial charge on any atom is -0.339 e. The van der Waals surface area contributed by atoms with E-state index in [0.717, 1.165) is 58.1 Å². The van der Waals surface area contributed by atoms with Crippen LogP contribution in [0.4, 0.5) is 0 Å². The fourth-order valence-corrected chi connectivity index (χ4v) is 4.41. The number of benzene rings is 2. The molecule has 1 saturated heterocycles. The maximum atomic E-state index is 13.5. The van der Waals surface area contributed by atoms with Crippen molar-refractivity contribution in [3.8, 4) is 11.3 Å². The van der Waals surface area contributed by atoms with Crippen molar-refractivity contribution in [1.82, 2.24) is 9.88 Å². The largest absolute Gasteiger partial charge is 0.339 e. The molecule has 30 heavy (non-hydrogen) atoms. The molecule has 2 heterocycles. The quantitative estimate of drug-likeness (QED) is 0.416. The highest BCUT2D eigenvalue weighted by atomic mass is 79.9. The molecule has 0 bridgehead atoms. The highest BCUT2D eigenvalue weighted by Crippen LogP contribution is 2.30.